The van der Waals surface area contributed by atoms with Gasteiger partial charge in [0.05, 0.1) is 0 Å². The van der Waals surface area contributed by atoms with E-state index >= 15 is 0 Å². The summed E-state index contributed by atoms with van der Waals surface area (Å²) in [4.78, 5) is 0. The van der Waals surface area contributed by atoms with Crippen molar-refractivity contribution in [2.75, 3.05) is 13.1 Å². The molecule has 0 unspecified atom stereocenters. The molecule has 0 aromatic carbocycles. The van der Waals surface area contributed by atoms with Gasteiger partial charge in [-0.3, -0.25) is 0 Å². The van der Waals surface area contributed by atoms with Gasteiger partial charge in [0.25, 0.3) is 0 Å². The van der Waals surface area contributed by atoms with Gasteiger partial charge in [-0.25, -0.2) is 0 Å². The van der Waals surface area contributed by atoms with E-state index in [0.29, 0.717) is 0 Å². The largest absolute Gasteiger partial charge is 0.329 e. The van der Waals surface area contributed by atoms with E-state index in [-0.39, 0.29) is 5.54 Å². The number of hydrogen-bond donors (Lipinski definition) is 2. The molecule has 2 aliphatic rings. The molecule has 2 nitrogen and oxygen atoms in total. The van der Waals surface area contributed by atoms with E-state index in [0.717, 1.165) is 12.5 Å². The van der Waals surface area contributed by atoms with Gasteiger partial charge in [-0.05, 0) is 38.1 Å². The van der Waals surface area contributed by atoms with Crippen molar-refractivity contribution in [2.24, 2.45) is 11.7 Å². The average Bonchev–Trinajstić information content (AvgIpc) is 3.23. The highest BCUT2D eigenvalue weighted by molar-refractivity contribution is 4.91. The van der Waals surface area contributed by atoms with Crippen LogP contribution in [0, 0.1) is 5.92 Å². The van der Waals surface area contributed by atoms with Gasteiger partial charge in [0, 0.05) is 12.1 Å². The lowest BCUT2D eigenvalue weighted by molar-refractivity contribution is 0.264. The fraction of sp³-hybridized carbons (Fsp3) is 1.00. The predicted molar refractivity (Wildman–Crippen MR) is 83.3 cm³/mol. The lowest BCUT2D eigenvalue weighted by atomic mass is 9.85. The summed E-state index contributed by atoms with van der Waals surface area (Å²) in [7, 11) is 0. The SMILES string of the molecule is NCC1(NCC2CC2)CCCCCCCCCCC1. The first-order valence-electron chi connectivity index (χ1n) is 8.80. The van der Waals surface area contributed by atoms with Crippen LogP contribution in [0.4, 0.5) is 0 Å². The van der Waals surface area contributed by atoms with Gasteiger partial charge in [-0.15, -0.1) is 0 Å². The van der Waals surface area contributed by atoms with Crippen LogP contribution in [0.1, 0.15) is 83.5 Å². The quantitative estimate of drug-likeness (QED) is 0.807. The third-order valence-corrected chi connectivity index (χ3v) is 5.16. The molecule has 0 spiro atoms. The number of hydrogen-bond acceptors (Lipinski definition) is 2. The third kappa shape index (κ3) is 5.83. The molecule has 0 aromatic heterocycles. The molecule has 2 fully saturated rings. The Kier molecular flexibility index (Phi) is 6.66. The fourth-order valence-corrected chi connectivity index (χ4v) is 3.43. The van der Waals surface area contributed by atoms with E-state index in [1.54, 1.807) is 0 Å². The minimum absolute atomic E-state index is 0.266. The summed E-state index contributed by atoms with van der Waals surface area (Å²) in [5.41, 5.74) is 6.43. The Labute approximate surface area is 119 Å². The molecule has 0 heterocycles. The first kappa shape index (κ1) is 15.3. The zero-order chi connectivity index (χ0) is 13.4. The van der Waals surface area contributed by atoms with Gasteiger partial charge in [-0.2, -0.15) is 0 Å². The van der Waals surface area contributed by atoms with Crippen LogP contribution in [0.2, 0.25) is 0 Å². The summed E-state index contributed by atoms with van der Waals surface area (Å²) in [5, 5.41) is 3.87. The van der Waals surface area contributed by atoms with Crippen LogP contribution in [-0.4, -0.2) is 18.6 Å². The van der Waals surface area contributed by atoms with Crippen molar-refractivity contribution in [3.63, 3.8) is 0 Å². The van der Waals surface area contributed by atoms with Crippen LogP contribution in [-0.2, 0) is 0 Å². The first-order chi connectivity index (χ1) is 9.35. The summed E-state index contributed by atoms with van der Waals surface area (Å²) in [6.07, 6.45) is 18.3. The van der Waals surface area contributed by atoms with Gasteiger partial charge >= 0.3 is 0 Å². The number of nitrogens with two attached hydrogens (primary N) is 1. The highest BCUT2D eigenvalue weighted by atomic mass is 15.0. The topological polar surface area (TPSA) is 38.0 Å². The van der Waals surface area contributed by atoms with Crippen LogP contribution in [0.3, 0.4) is 0 Å². The maximum Gasteiger partial charge on any atom is 0.0304 e. The van der Waals surface area contributed by atoms with E-state index in [9.17, 15) is 0 Å². The Morgan fingerprint density at radius 3 is 1.68 bits per heavy atom. The molecule has 112 valence electrons. The zero-order valence-corrected chi connectivity index (χ0v) is 12.8. The molecule has 0 bridgehead atoms. The lowest BCUT2D eigenvalue weighted by Gasteiger charge is -2.35. The van der Waals surface area contributed by atoms with Crippen LogP contribution >= 0.6 is 0 Å². The minimum atomic E-state index is 0.266. The predicted octanol–water partition coefficient (Wildman–Crippen LogP) is 3.99. The van der Waals surface area contributed by atoms with Crippen molar-refractivity contribution in [3.05, 3.63) is 0 Å². The Morgan fingerprint density at radius 2 is 1.26 bits per heavy atom. The standard InChI is InChI=1S/C17H34N2/c18-15-17(19-14-16-10-11-16)12-8-6-4-2-1-3-5-7-9-13-17/h16,19H,1-15,18H2. The molecule has 2 rings (SSSR count). The second kappa shape index (κ2) is 8.26. The molecule has 0 radical (unpaired) electrons. The van der Waals surface area contributed by atoms with Crippen LogP contribution in [0.15, 0.2) is 0 Å². The van der Waals surface area contributed by atoms with Crippen molar-refractivity contribution >= 4 is 0 Å². The second-order valence-corrected chi connectivity index (χ2v) is 6.99. The second-order valence-electron chi connectivity index (χ2n) is 6.99. The summed E-state index contributed by atoms with van der Waals surface area (Å²) >= 11 is 0. The third-order valence-electron chi connectivity index (χ3n) is 5.16. The molecule has 0 aromatic rings. The Hall–Kier alpha value is -0.0800. The molecule has 0 aliphatic heterocycles. The van der Waals surface area contributed by atoms with Crippen molar-refractivity contribution in [1.29, 1.82) is 0 Å². The van der Waals surface area contributed by atoms with Crippen molar-refractivity contribution < 1.29 is 0 Å². The highest BCUT2D eigenvalue weighted by Crippen LogP contribution is 2.30. The molecule has 3 N–H and O–H groups in total. The van der Waals surface area contributed by atoms with Gasteiger partial charge < -0.3 is 11.1 Å². The molecule has 0 atom stereocenters. The maximum absolute atomic E-state index is 6.16. The summed E-state index contributed by atoms with van der Waals surface area (Å²) in [6, 6.07) is 0. The monoisotopic (exact) mass is 266 g/mol. The Morgan fingerprint density at radius 1 is 0.789 bits per heavy atom. The molecule has 0 amide bonds. The minimum Gasteiger partial charge on any atom is -0.329 e. The zero-order valence-electron chi connectivity index (χ0n) is 12.8. The van der Waals surface area contributed by atoms with E-state index in [1.165, 1.54) is 90.0 Å². The maximum atomic E-state index is 6.16. The van der Waals surface area contributed by atoms with E-state index in [2.05, 4.69) is 5.32 Å². The summed E-state index contributed by atoms with van der Waals surface area (Å²) in [6.45, 7) is 2.05. The number of rotatable bonds is 4. The van der Waals surface area contributed by atoms with Gasteiger partial charge in [-0.1, -0.05) is 57.8 Å². The smallest absolute Gasteiger partial charge is 0.0304 e. The van der Waals surface area contributed by atoms with Gasteiger partial charge in [0.2, 0.25) is 0 Å². The first-order valence-corrected chi connectivity index (χ1v) is 8.80. The van der Waals surface area contributed by atoms with Crippen molar-refractivity contribution in [2.45, 2.75) is 89.0 Å². The molecule has 2 aliphatic carbocycles. The van der Waals surface area contributed by atoms with Crippen molar-refractivity contribution in [1.82, 2.24) is 5.32 Å². The fourth-order valence-electron chi connectivity index (χ4n) is 3.43. The molecule has 0 saturated heterocycles. The molecule has 19 heavy (non-hydrogen) atoms. The van der Waals surface area contributed by atoms with E-state index < -0.39 is 0 Å². The summed E-state index contributed by atoms with van der Waals surface area (Å²) < 4.78 is 0. The molecular formula is C17H34N2. The van der Waals surface area contributed by atoms with Crippen molar-refractivity contribution in [3.8, 4) is 0 Å². The highest BCUT2D eigenvalue weighted by Gasteiger charge is 2.30. The Bertz CT molecular complexity index is 223. The van der Waals surface area contributed by atoms with Crippen LogP contribution in [0.25, 0.3) is 0 Å². The average molecular weight is 266 g/mol. The van der Waals surface area contributed by atoms with E-state index in [1.807, 2.05) is 0 Å². The van der Waals surface area contributed by atoms with E-state index in [4.69, 9.17) is 5.73 Å². The molecule has 2 saturated carbocycles. The van der Waals surface area contributed by atoms with Crippen LogP contribution in [0.5, 0.6) is 0 Å². The number of nitrogens with one attached hydrogen (secondary N) is 1. The van der Waals surface area contributed by atoms with Crippen LogP contribution < -0.4 is 11.1 Å². The van der Waals surface area contributed by atoms with Gasteiger partial charge in [0.1, 0.15) is 0 Å². The normalized spacial score (nSPS) is 26.4. The molecule has 2 heteroatoms. The lowest BCUT2D eigenvalue weighted by Crippen LogP contribution is -2.52. The van der Waals surface area contributed by atoms with Gasteiger partial charge in [0.15, 0.2) is 0 Å². The molecular weight excluding hydrogens is 232 g/mol. The summed E-state index contributed by atoms with van der Waals surface area (Å²) in [5.74, 6) is 0.963. The Balaban J connectivity index is 1.82.